The van der Waals surface area contributed by atoms with E-state index in [4.69, 9.17) is 17.3 Å². The molecule has 5 nitrogen and oxygen atoms in total. The van der Waals surface area contributed by atoms with Crippen LogP contribution in [0.2, 0.25) is 5.02 Å². The van der Waals surface area contributed by atoms with Crippen LogP contribution in [-0.2, 0) is 16.0 Å². The van der Waals surface area contributed by atoms with Crippen LogP contribution in [0.15, 0.2) is 12.1 Å². The van der Waals surface area contributed by atoms with E-state index in [1.807, 2.05) is 0 Å². The van der Waals surface area contributed by atoms with E-state index < -0.39 is 0 Å². The number of hydrogen-bond donors (Lipinski definition) is 3. The van der Waals surface area contributed by atoms with Crippen molar-refractivity contribution >= 4 is 34.8 Å². The molecule has 1 aromatic rings. The summed E-state index contributed by atoms with van der Waals surface area (Å²) >= 11 is 6.00. The molecule has 0 aliphatic carbocycles. The Morgan fingerprint density at radius 2 is 2.29 bits per heavy atom. The molecule has 0 bridgehead atoms. The second-order valence-electron chi connectivity index (χ2n) is 3.80. The standard InChI is InChI=1S/C11H12ClN3O2/c12-7-5-8-6(4-11(17)14-8)3-9(7)15-10(16)1-2-13/h3,5H,1-2,4,13H2,(H,14,17)(H,15,16). The van der Waals surface area contributed by atoms with Crippen molar-refractivity contribution < 1.29 is 9.59 Å². The Bertz CT molecular complexity index is 488. The van der Waals surface area contributed by atoms with Gasteiger partial charge in [0.2, 0.25) is 11.8 Å². The molecule has 90 valence electrons. The Morgan fingerprint density at radius 3 is 3.00 bits per heavy atom. The number of carbonyl (C=O) groups is 2. The quantitative estimate of drug-likeness (QED) is 0.755. The third-order valence-electron chi connectivity index (χ3n) is 2.46. The van der Waals surface area contributed by atoms with Crippen molar-refractivity contribution in [1.29, 1.82) is 0 Å². The average Bonchev–Trinajstić information content (AvgIpc) is 2.58. The topological polar surface area (TPSA) is 84.2 Å². The van der Waals surface area contributed by atoms with Crippen LogP contribution in [-0.4, -0.2) is 18.4 Å². The molecule has 0 unspecified atom stereocenters. The van der Waals surface area contributed by atoms with Gasteiger partial charge in [0, 0.05) is 18.7 Å². The van der Waals surface area contributed by atoms with Crippen LogP contribution in [0.1, 0.15) is 12.0 Å². The largest absolute Gasteiger partial charge is 0.330 e. The van der Waals surface area contributed by atoms with Gasteiger partial charge in [-0.15, -0.1) is 0 Å². The van der Waals surface area contributed by atoms with Crippen LogP contribution < -0.4 is 16.4 Å². The zero-order valence-electron chi connectivity index (χ0n) is 9.05. The summed E-state index contributed by atoms with van der Waals surface area (Å²) < 4.78 is 0. The number of hydrogen-bond acceptors (Lipinski definition) is 3. The lowest BCUT2D eigenvalue weighted by molar-refractivity contribution is -0.116. The number of benzene rings is 1. The summed E-state index contributed by atoms with van der Waals surface area (Å²) in [6.07, 6.45) is 0.552. The Morgan fingerprint density at radius 1 is 1.53 bits per heavy atom. The van der Waals surface area contributed by atoms with Gasteiger partial charge in [-0.05, 0) is 17.7 Å². The highest BCUT2D eigenvalue weighted by Crippen LogP contribution is 2.32. The third-order valence-corrected chi connectivity index (χ3v) is 2.78. The zero-order valence-corrected chi connectivity index (χ0v) is 9.80. The highest BCUT2D eigenvalue weighted by Gasteiger charge is 2.20. The lowest BCUT2D eigenvalue weighted by atomic mass is 10.1. The summed E-state index contributed by atoms with van der Waals surface area (Å²) in [6, 6.07) is 3.35. The molecule has 0 atom stereocenters. The molecule has 2 rings (SSSR count). The van der Waals surface area contributed by atoms with Crippen LogP contribution >= 0.6 is 11.6 Å². The molecule has 1 aliphatic rings. The first kappa shape index (κ1) is 11.9. The van der Waals surface area contributed by atoms with E-state index in [0.29, 0.717) is 22.8 Å². The molecule has 0 spiro atoms. The molecule has 0 radical (unpaired) electrons. The number of fused-ring (bicyclic) bond motifs is 1. The number of nitrogens with two attached hydrogens (primary N) is 1. The Labute approximate surface area is 103 Å². The van der Waals surface area contributed by atoms with E-state index >= 15 is 0 Å². The summed E-state index contributed by atoms with van der Waals surface area (Å²) in [4.78, 5) is 22.6. The van der Waals surface area contributed by atoms with Crippen LogP contribution in [0.3, 0.4) is 0 Å². The first-order valence-electron chi connectivity index (χ1n) is 5.22. The fourth-order valence-corrected chi connectivity index (χ4v) is 1.90. The zero-order chi connectivity index (χ0) is 12.4. The number of rotatable bonds is 3. The number of amides is 2. The monoisotopic (exact) mass is 253 g/mol. The average molecular weight is 254 g/mol. The van der Waals surface area contributed by atoms with Gasteiger partial charge in [0.1, 0.15) is 0 Å². The maximum Gasteiger partial charge on any atom is 0.228 e. The number of halogens is 1. The Kier molecular flexibility index (Phi) is 3.31. The maximum atomic E-state index is 11.4. The maximum absolute atomic E-state index is 11.4. The Balaban J connectivity index is 2.22. The first-order valence-corrected chi connectivity index (χ1v) is 5.60. The van der Waals surface area contributed by atoms with Crippen molar-refractivity contribution in [3.05, 3.63) is 22.7 Å². The number of nitrogens with one attached hydrogen (secondary N) is 2. The van der Waals surface area contributed by atoms with Crippen molar-refractivity contribution in [3.8, 4) is 0 Å². The summed E-state index contributed by atoms with van der Waals surface area (Å²) in [6.45, 7) is 0.286. The highest BCUT2D eigenvalue weighted by atomic mass is 35.5. The van der Waals surface area contributed by atoms with E-state index in [1.54, 1.807) is 12.1 Å². The molecule has 0 saturated heterocycles. The summed E-state index contributed by atoms with van der Waals surface area (Å²) in [7, 11) is 0. The molecule has 0 fully saturated rings. The van der Waals surface area contributed by atoms with Crippen molar-refractivity contribution in [2.24, 2.45) is 5.73 Å². The fraction of sp³-hybridized carbons (Fsp3) is 0.273. The molecule has 1 aliphatic heterocycles. The van der Waals surface area contributed by atoms with Gasteiger partial charge in [-0.2, -0.15) is 0 Å². The van der Waals surface area contributed by atoms with Crippen molar-refractivity contribution in [1.82, 2.24) is 0 Å². The van der Waals surface area contributed by atoms with Crippen LogP contribution in [0.5, 0.6) is 0 Å². The van der Waals surface area contributed by atoms with Gasteiger partial charge in [0.25, 0.3) is 0 Å². The minimum absolute atomic E-state index is 0.0681. The van der Waals surface area contributed by atoms with E-state index in [2.05, 4.69) is 10.6 Å². The number of anilines is 2. The molecule has 17 heavy (non-hydrogen) atoms. The number of carbonyl (C=O) groups excluding carboxylic acids is 2. The van der Waals surface area contributed by atoms with Gasteiger partial charge in [0.05, 0.1) is 17.1 Å². The minimum atomic E-state index is -0.188. The first-order chi connectivity index (χ1) is 8.10. The Hall–Kier alpha value is -1.59. The van der Waals surface area contributed by atoms with Crippen molar-refractivity contribution in [2.45, 2.75) is 12.8 Å². The van der Waals surface area contributed by atoms with E-state index in [1.165, 1.54) is 0 Å². The van der Waals surface area contributed by atoms with E-state index in [0.717, 1.165) is 5.56 Å². The van der Waals surface area contributed by atoms with Gasteiger partial charge in [-0.25, -0.2) is 0 Å². The second kappa shape index (κ2) is 4.73. The van der Waals surface area contributed by atoms with E-state index in [-0.39, 0.29) is 24.8 Å². The molecule has 4 N–H and O–H groups in total. The van der Waals surface area contributed by atoms with Gasteiger partial charge in [-0.1, -0.05) is 11.6 Å². The van der Waals surface area contributed by atoms with Crippen LogP contribution in [0.25, 0.3) is 0 Å². The predicted molar refractivity (Wildman–Crippen MR) is 66.1 cm³/mol. The van der Waals surface area contributed by atoms with Crippen LogP contribution in [0.4, 0.5) is 11.4 Å². The van der Waals surface area contributed by atoms with Gasteiger partial charge in [-0.3, -0.25) is 9.59 Å². The summed E-state index contributed by atoms with van der Waals surface area (Å²) in [5, 5.41) is 5.75. The molecule has 1 heterocycles. The molecular formula is C11H12ClN3O2. The van der Waals surface area contributed by atoms with Gasteiger partial charge >= 0.3 is 0 Å². The van der Waals surface area contributed by atoms with E-state index in [9.17, 15) is 9.59 Å². The molecule has 2 amide bonds. The van der Waals surface area contributed by atoms with Crippen molar-refractivity contribution in [3.63, 3.8) is 0 Å². The molecule has 6 heteroatoms. The molecular weight excluding hydrogens is 242 g/mol. The minimum Gasteiger partial charge on any atom is -0.330 e. The lowest BCUT2D eigenvalue weighted by Gasteiger charge is -2.08. The third kappa shape index (κ3) is 2.57. The fourth-order valence-electron chi connectivity index (χ4n) is 1.69. The highest BCUT2D eigenvalue weighted by molar-refractivity contribution is 6.34. The molecule has 1 aromatic carbocycles. The predicted octanol–water partition coefficient (Wildman–Crippen LogP) is 1.12. The van der Waals surface area contributed by atoms with Crippen molar-refractivity contribution in [2.75, 3.05) is 17.2 Å². The lowest BCUT2D eigenvalue weighted by Crippen LogP contribution is -2.16. The summed E-state index contributed by atoms with van der Waals surface area (Å²) in [5.74, 6) is -0.256. The van der Waals surface area contributed by atoms with Crippen LogP contribution in [0, 0.1) is 0 Å². The normalized spacial score (nSPS) is 13.2. The SMILES string of the molecule is NCCC(=O)Nc1cc2c(cc1Cl)NC(=O)C2. The van der Waals surface area contributed by atoms with Gasteiger partial charge < -0.3 is 16.4 Å². The smallest absolute Gasteiger partial charge is 0.228 e. The summed E-state index contributed by atoms with van der Waals surface area (Å²) in [5.41, 5.74) is 7.34. The molecule has 0 saturated carbocycles. The van der Waals surface area contributed by atoms with Gasteiger partial charge in [0.15, 0.2) is 0 Å². The second-order valence-corrected chi connectivity index (χ2v) is 4.21. The molecule has 0 aromatic heterocycles.